The number of hydrogen-bond acceptors (Lipinski definition) is 0. The van der Waals surface area contributed by atoms with Gasteiger partial charge in [0.2, 0.25) is 0 Å². The molecule has 0 aliphatic rings. The van der Waals surface area contributed by atoms with Crippen molar-refractivity contribution >= 4 is 130 Å². The zero-order valence-electron chi connectivity index (χ0n) is 34.0. The summed E-state index contributed by atoms with van der Waals surface area (Å²) < 4.78 is 2.54. The monoisotopic (exact) mass is 791 g/mol. The predicted octanol–water partition coefficient (Wildman–Crippen LogP) is 17.4. The van der Waals surface area contributed by atoms with Crippen LogP contribution in [0.25, 0.3) is 157 Å². The zero-order chi connectivity index (χ0) is 40.7. The van der Waals surface area contributed by atoms with Gasteiger partial charge < -0.3 is 4.57 Å². The molecule has 0 aliphatic heterocycles. The third kappa shape index (κ3) is 4.13. The molecule has 0 atom stereocenters. The molecule has 1 nitrogen and oxygen atoms in total. The van der Waals surface area contributed by atoms with Gasteiger partial charge in [-0.3, -0.25) is 0 Å². The number of nitrogens with zero attached hydrogens (tertiary/aromatic N) is 1. The van der Waals surface area contributed by atoms with Crippen molar-refractivity contribution in [3.63, 3.8) is 0 Å². The number of benzene rings is 15. The van der Waals surface area contributed by atoms with E-state index in [2.05, 4.69) is 205 Å². The lowest BCUT2D eigenvalue weighted by Crippen LogP contribution is -1.95. The Morgan fingerprint density at radius 3 is 0.841 bits per heavy atom. The van der Waals surface area contributed by atoms with Gasteiger partial charge in [-0.2, -0.15) is 0 Å². The highest BCUT2D eigenvalue weighted by molar-refractivity contribution is 6.31. The van der Waals surface area contributed by atoms with Gasteiger partial charge in [0.15, 0.2) is 0 Å². The van der Waals surface area contributed by atoms with Crippen LogP contribution in [0.4, 0.5) is 0 Å². The van der Waals surface area contributed by atoms with Crippen LogP contribution in [-0.4, -0.2) is 4.57 Å². The van der Waals surface area contributed by atoms with E-state index in [-0.39, 0.29) is 0 Å². The first-order valence-corrected chi connectivity index (χ1v) is 22.1. The van der Waals surface area contributed by atoms with Gasteiger partial charge >= 0.3 is 0 Å². The number of rotatable bonds is 3. The molecule has 0 unspecified atom stereocenters. The fourth-order valence-corrected chi connectivity index (χ4v) is 12.2. The second kappa shape index (κ2) is 11.4. The predicted molar refractivity (Wildman–Crippen MR) is 271 cm³/mol. The van der Waals surface area contributed by atoms with Gasteiger partial charge in [-0.1, -0.05) is 152 Å². The second-order valence-electron chi connectivity index (χ2n) is 18.0. The van der Waals surface area contributed by atoms with E-state index in [1.54, 1.807) is 0 Å². The Kier molecular flexibility index (Phi) is 5.86. The van der Waals surface area contributed by atoms with Crippen LogP contribution in [0.1, 0.15) is 0 Å². The van der Waals surface area contributed by atoms with Gasteiger partial charge in [0.25, 0.3) is 0 Å². The zero-order valence-corrected chi connectivity index (χ0v) is 34.0. The summed E-state index contributed by atoms with van der Waals surface area (Å²) in [7, 11) is 0. The minimum absolute atomic E-state index is 1.19. The van der Waals surface area contributed by atoms with Crippen LogP contribution >= 0.6 is 0 Å². The van der Waals surface area contributed by atoms with Crippen LogP contribution < -0.4 is 0 Å². The van der Waals surface area contributed by atoms with E-state index >= 15 is 0 Å². The highest BCUT2D eigenvalue weighted by Gasteiger charge is 2.23. The summed E-state index contributed by atoms with van der Waals surface area (Å²) in [5.41, 5.74) is 8.66. The molecule has 0 aliphatic carbocycles. The quantitative estimate of drug-likeness (QED) is 0.157. The van der Waals surface area contributed by atoms with Crippen molar-refractivity contribution in [1.29, 1.82) is 0 Å². The molecule has 0 fully saturated rings. The molecule has 0 amide bonds. The SMILES string of the molecule is c1cc2ccc3cc(-c4ccc5c6c4ccc4c(-c7cc8ccc9cccc%10ccc(c7)c8c9%10)ccc(c46)n5-c4cc5ccc6cccc7ccc(c4)c5c67)cc4ccc(c1)c2c34. The molecule has 63 heavy (non-hydrogen) atoms. The standard InChI is InChI=1S/C62H33N/c1-4-34-10-16-40-28-46(29-41-17-11-35(5-1)55(34)58(40)41)49-24-26-53-61-51(49)22-23-52-50(47-30-42-18-12-36-6-2-7-37-13-19-43(31-47)59(42)56(36)37)25-27-54(62(52)61)63(53)48-32-44-20-14-38-8-3-9-39-15-21-45(33-48)60(44)57(38)39/h1-33H. The summed E-state index contributed by atoms with van der Waals surface area (Å²) in [6.07, 6.45) is 0. The van der Waals surface area contributed by atoms with Crippen molar-refractivity contribution in [2.45, 2.75) is 0 Å². The van der Waals surface area contributed by atoms with E-state index < -0.39 is 0 Å². The summed E-state index contributed by atoms with van der Waals surface area (Å²) >= 11 is 0. The molecular weight excluding hydrogens is 759 g/mol. The lowest BCUT2D eigenvalue weighted by Gasteiger charge is -2.15. The lowest BCUT2D eigenvalue weighted by molar-refractivity contribution is 1.19. The Labute approximate surface area is 360 Å². The van der Waals surface area contributed by atoms with Gasteiger partial charge in [0, 0.05) is 16.5 Å². The van der Waals surface area contributed by atoms with E-state index in [4.69, 9.17) is 0 Å². The molecule has 16 rings (SSSR count). The maximum Gasteiger partial charge on any atom is 0.0547 e. The summed E-state index contributed by atoms with van der Waals surface area (Å²) in [4.78, 5) is 0. The van der Waals surface area contributed by atoms with Crippen LogP contribution in [0.2, 0.25) is 0 Å². The van der Waals surface area contributed by atoms with Crippen LogP contribution in [-0.2, 0) is 0 Å². The average molecular weight is 792 g/mol. The Morgan fingerprint density at radius 1 is 0.222 bits per heavy atom. The number of aromatic nitrogens is 1. The van der Waals surface area contributed by atoms with Crippen molar-refractivity contribution in [3.8, 4) is 27.9 Å². The smallest absolute Gasteiger partial charge is 0.0547 e. The molecule has 1 heterocycles. The average Bonchev–Trinajstić information content (AvgIpc) is 3.68. The topological polar surface area (TPSA) is 4.93 Å². The third-order valence-corrected chi connectivity index (χ3v) is 14.9. The van der Waals surface area contributed by atoms with Gasteiger partial charge in [-0.15, -0.1) is 0 Å². The highest BCUT2D eigenvalue weighted by Crippen LogP contribution is 2.48. The molecule has 1 heteroatoms. The Morgan fingerprint density at radius 2 is 0.508 bits per heavy atom. The van der Waals surface area contributed by atoms with E-state index in [1.165, 1.54) is 157 Å². The fraction of sp³-hybridized carbons (Fsp3) is 0. The molecule has 0 N–H and O–H groups in total. The van der Waals surface area contributed by atoms with E-state index in [0.717, 1.165) is 0 Å². The van der Waals surface area contributed by atoms with Crippen LogP contribution in [0.15, 0.2) is 200 Å². The van der Waals surface area contributed by atoms with Gasteiger partial charge in [-0.25, -0.2) is 0 Å². The lowest BCUT2D eigenvalue weighted by atomic mass is 9.88. The highest BCUT2D eigenvalue weighted by atomic mass is 15.0. The van der Waals surface area contributed by atoms with Gasteiger partial charge in [-0.05, 0) is 179 Å². The summed E-state index contributed by atoms with van der Waals surface area (Å²) in [6, 6.07) is 76.4. The van der Waals surface area contributed by atoms with E-state index in [9.17, 15) is 0 Å². The third-order valence-electron chi connectivity index (χ3n) is 14.9. The maximum absolute atomic E-state index is 2.54. The molecule has 0 radical (unpaired) electrons. The van der Waals surface area contributed by atoms with Crippen LogP contribution in [0, 0.1) is 0 Å². The molecular formula is C62H33N. The summed E-state index contributed by atoms with van der Waals surface area (Å²) in [5.74, 6) is 0. The Bertz CT molecular complexity index is 4190. The Balaban J connectivity index is 0.992. The first kappa shape index (κ1) is 32.5. The normalized spacial score (nSPS) is 12.8. The first-order chi connectivity index (χ1) is 31.2. The minimum Gasteiger partial charge on any atom is -0.309 e. The van der Waals surface area contributed by atoms with Gasteiger partial charge in [0.1, 0.15) is 0 Å². The maximum atomic E-state index is 2.54. The van der Waals surface area contributed by atoms with Crippen molar-refractivity contribution < 1.29 is 0 Å². The number of hydrogen-bond donors (Lipinski definition) is 0. The molecule has 16 aromatic rings. The first-order valence-electron chi connectivity index (χ1n) is 22.1. The summed E-state index contributed by atoms with van der Waals surface area (Å²) in [6.45, 7) is 0. The molecule has 0 bridgehead atoms. The van der Waals surface area contributed by atoms with Crippen molar-refractivity contribution in [3.05, 3.63) is 200 Å². The van der Waals surface area contributed by atoms with Crippen LogP contribution in [0.3, 0.4) is 0 Å². The second-order valence-corrected chi connectivity index (χ2v) is 18.0. The molecule has 286 valence electrons. The molecule has 0 spiro atoms. The Hall–Kier alpha value is -8.26. The van der Waals surface area contributed by atoms with Gasteiger partial charge in [0.05, 0.1) is 11.0 Å². The molecule has 0 saturated carbocycles. The molecule has 0 saturated heterocycles. The molecule has 15 aromatic carbocycles. The van der Waals surface area contributed by atoms with Crippen molar-refractivity contribution in [1.82, 2.24) is 4.57 Å². The van der Waals surface area contributed by atoms with Crippen molar-refractivity contribution in [2.75, 3.05) is 0 Å². The largest absolute Gasteiger partial charge is 0.309 e. The van der Waals surface area contributed by atoms with E-state index in [0.29, 0.717) is 0 Å². The van der Waals surface area contributed by atoms with Crippen molar-refractivity contribution in [2.24, 2.45) is 0 Å². The summed E-state index contributed by atoms with van der Waals surface area (Å²) in [5, 5.41) is 28.8. The fourth-order valence-electron chi connectivity index (χ4n) is 12.2. The molecule has 1 aromatic heterocycles. The van der Waals surface area contributed by atoms with Crippen LogP contribution in [0.5, 0.6) is 0 Å². The minimum atomic E-state index is 1.19. The van der Waals surface area contributed by atoms with E-state index in [1.807, 2.05) is 0 Å².